The van der Waals surface area contributed by atoms with Gasteiger partial charge in [-0.05, 0) is 58.7 Å². The van der Waals surface area contributed by atoms with E-state index in [9.17, 15) is 4.39 Å². The maximum absolute atomic E-state index is 13.1. The van der Waals surface area contributed by atoms with Crippen LogP contribution in [0.2, 0.25) is 5.02 Å². The fraction of sp³-hybridized carbons (Fsp3) is 0.400. The van der Waals surface area contributed by atoms with Crippen molar-refractivity contribution in [3.63, 3.8) is 0 Å². The van der Waals surface area contributed by atoms with Crippen LogP contribution in [0.1, 0.15) is 37.3 Å². The third-order valence-electron chi connectivity index (χ3n) is 3.96. The number of halogens is 3. The standard InChI is InChI=1S/C20H24BrClFNO2/c1-3-4-5-8-24-12-14-9-17(21)20(19(10-14)25-2)26-13-15-6-7-16(23)11-18(15)22/h6-7,9-11,24H,3-5,8,12-13H2,1-2H3. The van der Waals surface area contributed by atoms with E-state index >= 15 is 0 Å². The van der Waals surface area contributed by atoms with Gasteiger partial charge in [0.1, 0.15) is 12.4 Å². The van der Waals surface area contributed by atoms with Crippen LogP contribution >= 0.6 is 27.5 Å². The topological polar surface area (TPSA) is 30.5 Å². The molecule has 0 aliphatic heterocycles. The molecule has 0 heterocycles. The van der Waals surface area contributed by atoms with Gasteiger partial charge in [0, 0.05) is 12.1 Å². The molecule has 0 radical (unpaired) electrons. The summed E-state index contributed by atoms with van der Waals surface area (Å²) in [4.78, 5) is 0. The first kappa shape index (κ1) is 21.0. The first-order valence-electron chi connectivity index (χ1n) is 8.69. The van der Waals surface area contributed by atoms with Crippen LogP contribution in [-0.4, -0.2) is 13.7 Å². The molecule has 0 aromatic heterocycles. The van der Waals surface area contributed by atoms with Crippen molar-refractivity contribution < 1.29 is 13.9 Å². The predicted molar refractivity (Wildman–Crippen MR) is 108 cm³/mol. The van der Waals surface area contributed by atoms with Crippen LogP contribution in [0.3, 0.4) is 0 Å². The highest BCUT2D eigenvalue weighted by molar-refractivity contribution is 9.10. The number of rotatable bonds is 10. The molecular weight excluding hydrogens is 421 g/mol. The molecule has 0 saturated carbocycles. The zero-order valence-electron chi connectivity index (χ0n) is 15.1. The second-order valence-corrected chi connectivity index (χ2v) is 7.28. The number of nitrogens with one attached hydrogen (secondary N) is 1. The van der Waals surface area contributed by atoms with Gasteiger partial charge in [-0.3, -0.25) is 0 Å². The van der Waals surface area contributed by atoms with Gasteiger partial charge in [0.25, 0.3) is 0 Å². The molecule has 0 bridgehead atoms. The summed E-state index contributed by atoms with van der Waals surface area (Å²) in [6.07, 6.45) is 3.62. The molecule has 0 aliphatic rings. The van der Waals surface area contributed by atoms with Crippen LogP contribution in [0.25, 0.3) is 0 Å². The largest absolute Gasteiger partial charge is 0.493 e. The Labute approximate surface area is 168 Å². The van der Waals surface area contributed by atoms with Crippen LogP contribution in [-0.2, 0) is 13.2 Å². The summed E-state index contributed by atoms with van der Waals surface area (Å²) < 4.78 is 25.3. The first-order valence-corrected chi connectivity index (χ1v) is 9.86. The summed E-state index contributed by atoms with van der Waals surface area (Å²) in [5.41, 5.74) is 1.82. The Morgan fingerprint density at radius 1 is 1.19 bits per heavy atom. The molecule has 0 unspecified atom stereocenters. The Morgan fingerprint density at radius 2 is 2.00 bits per heavy atom. The van der Waals surface area contributed by atoms with E-state index in [1.807, 2.05) is 12.1 Å². The second-order valence-electron chi connectivity index (χ2n) is 6.02. The molecular formula is C20H24BrClFNO2. The van der Waals surface area contributed by atoms with Gasteiger partial charge in [-0.25, -0.2) is 4.39 Å². The normalized spacial score (nSPS) is 10.8. The summed E-state index contributed by atoms with van der Waals surface area (Å²) >= 11 is 9.61. The molecule has 6 heteroatoms. The number of benzene rings is 2. The lowest BCUT2D eigenvalue weighted by Gasteiger charge is -2.15. The minimum absolute atomic E-state index is 0.225. The lowest BCUT2D eigenvalue weighted by Crippen LogP contribution is -2.14. The summed E-state index contributed by atoms with van der Waals surface area (Å²) in [6, 6.07) is 8.23. The van der Waals surface area contributed by atoms with E-state index in [1.165, 1.54) is 31.4 Å². The SMILES string of the molecule is CCCCCNCc1cc(Br)c(OCc2ccc(F)cc2Cl)c(OC)c1. The van der Waals surface area contributed by atoms with Crippen LogP contribution in [0.5, 0.6) is 11.5 Å². The summed E-state index contributed by atoms with van der Waals surface area (Å²) in [6.45, 7) is 4.18. The van der Waals surface area contributed by atoms with Gasteiger partial charge in [0.15, 0.2) is 11.5 Å². The molecule has 0 aliphatic carbocycles. The molecule has 0 fully saturated rings. The van der Waals surface area contributed by atoms with Gasteiger partial charge in [0.05, 0.1) is 16.6 Å². The Kier molecular flexibility index (Phi) is 8.69. The third kappa shape index (κ3) is 6.15. The second kappa shape index (κ2) is 10.8. The lowest BCUT2D eigenvalue weighted by atomic mass is 10.2. The van der Waals surface area contributed by atoms with Gasteiger partial charge in [-0.1, -0.05) is 37.4 Å². The van der Waals surface area contributed by atoms with E-state index in [4.69, 9.17) is 21.1 Å². The molecule has 0 amide bonds. The monoisotopic (exact) mass is 443 g/mol. The minimum Gasteiger partial charge on any atom is -0.493 e. The quantitative estimate of drug-likeness (QED) is 0.449. The van der Waals surface area contributed by atoms with Gasteiger partial charge in [0.2, 0.25) is 0 Å². The molecule has 0 atom stereocenters. The van der Waals surface area contributed by atoms with E-state index in [0.29, 0.717) is 22.1 Å². The highest BCUT2D eigenvalue weighted by atomic mass is 79.9. The third-order valence-corrected chi connectivity index (χ3v) is 4.90. The molecule has 26 heavy (non-hydrogen) atoms. The Balaban J connectivity index is 2.03. The van der Waals surface area contributed by atoms with E-state index in [2.05, 4.69) is 28.2 Å². The van der Waals surface area contributed by atoms with Gasteiger partial charge < -0.3 is 14.8 Å². The van der Waals surface area contributed by atoms with Crippen molar-refractivity contribution in [1.82, 2.24) is 5.32 Å². The van der Waals surface area contributed by atoms with Crippen molar-refractivity contribution in [1.29, 1.82) is 0 Å². The van der Waals surface area contributed by atoms with E-state index in [0.717, 1.165) is 23.1 Å². The number of methoxy groups -OCH3 is 1. The maximum atomic E-state index is 13.1. The van der Waals surface area contributed by atoms with Crippen molar-refractivity contribution >= 4 is 27.5 Å². The molecule has 3 nitrogen and oxygen atoms in total. The lowest BCUT2D eigenvalue weighted by molar-refractivity contribution is 0.282. The maximum Gasteiger partial charge on any atom is 0.175 e. The summed E-state index contributed by atoms with van der Waals surface area (Å²) in [7, 11) is 1.61. The fourth-order valence-electron chi connectivity index (χ4n) is 2.54. The van der Waals surface area contributed by atoms with Crippen molar-refractivity contribution in [3.8, 4) is 11.5 Å². The number of ether oxygens (including phenoxy) is 2. The summed E-state index contributed by atoms with van der Waals surface area (Å²) in [5, 5.41) is 3.78. The van der Waals surface area contributed by atoms with E-state index in [-0.39, 0.29) is 12.4 Å². The van der Waals surface area contributed by atoms with Crippen LogP contribution in [0.4, 0.5) is 4.39 Å². The molecule has 142 valence electrons. The van der Waals surface area contributed by atoms with Crippen LogP contribution < -0.4 is 14.8 Å². The Hall–Kier alpha value is -1.30. The van der Waals surface area contributed by atoms with Gasteiger partial charge in [-0.2, -0.15) is 0 Å². The van der Waals surface area contributed by atoms with E-state index in [1.54, 1.807) is 13.2 Å². The van der Waals surface area contributed by atoms with Crippen molar-refractivity contribution in [2.24, 2.45) is 0 Å². The van der Waals surface area contributed by atoms with Crippen LogP contribution in [0, 0.1) is 5.82 Å². The zero-order chi connectivity index (χ0) is 18.9. The average molecular weight is 445 g/mol. The molecule has 0 saturated heterocycles. The smallest absolute Gasteiger partial charge is 0.175 e. The van der Waals surface area contributed by atoms with Crippen molar-refractivity contribution in [2.45, 2.75) is 39.3 Å². The Morgan fingerprint density at radius 3 is 2.69 bits per heavy atom. The van der Waals surface area contributed by atoms with Crippen molar-refractivity contribution in [3.05, 3.63) is 56.8 Å². The zero-order valence-corrected chi connectivity index (χ0v) is 17.4. The average Bonchev–Trinajstić information content (AvgIpc) is 2.61. The molecule has 2 aromatic rings. The minimum atomic E-state index is -0.367. The molecule has 1 N–H and O–H groups in total. The van der Waals surface area contributed by atoms with Gasteiger partial charge >= 0.3 is 0 Å². The molecule has 2 rings (SSSR count). The number of hydrogen-bond acceptors (Lipinski definition) is 3. The van der Waals surface area contributed by atoms with Gasteiger partial charge in [-0.15, -0.1) is 0 Å². The highest BCUT2D eigenvalue weighted by Gasteiger charge is 2.13. The first-order chi connectivity index (χ1) is 12.5. The van der Waals surface area contributed by atoms with Crippen molar-refractivity contribution in [2.75, 3.05) is 13.7 Å². The fourth-order valence-corrected chi connectivity index (χ4v) is 3.36. The highest BCUT2D eigenvalue weighted by Crippen LogP contribution is 2.37. The van der Waals surface area contributed by atoms with E-state index < -0.39 is 0 Å². The Bertz CT molecular complexity index is 727. The molecule has 2 aromatic carbocycles. The number of hydrogen-bond donors (Lipinski definition) is 1. The number of unbranched alkanes of at least 4 members (excludes halogenated alkanes) is 2. The summed E-state index contributed by atoms with van der Waals surface area (Å²) in [5.74, 6) is 0.874. The molecule has 0 spiro atoms. The van der Waals surface area contributed by atoms with Crippen LogP contribution in [0.15, 0.2) is 34.8 Å². The predicted octanol–water partition coefficient (Wildman–Crippen LogP) is 6.11.